The Morgan fingerprint density at radius 3 is 2.37 bits per heavy atom. The Kier molecular flexibility index (Phi) is 7.44. The summed E-state index contributed by atoms with van der Waals surface area (Å²) in [5, 5.41) is 0. The molecule has 0 spiro atoms. The zero-order chi connectivity index (χ0) is 14.3. The lowest BCUT2D eigenvalue weighted by Crippen LogP contribution is -2.51. The van der Waals surface area contributed by atoms with E-state index in [1.807, 2.05) is 0 Å². The summed E-state index contributed by atoms with van der Waals surface area (Å²) in [6.07, 6.45) is 7.71. The molecule has 1 fully saturated rings. The van der Waals surface area contributed by atoms with Crippen LogP contribution in [0.1, 0.15) is 65.7 Å². The van der Waals surface area contributed by atoms with Crippen LogP contribution >= 0.6 is 0 Å². The fourth-order valence-corrected chi connectivity index (χ4v) is 3.34. The molecule has 1 aliphatic heterocycles. The van der Waals surface area contributed by atoms with Crippen molar-refractivity contribution in [1.82, 2.24) is 4.90 Å². The third kappa shape index (κ3) is 4.48. The van der Waals surface area contributed by atoms with Gasteiger partial charge in [0.15, 0.2) is 0 Å². The molecule has 0 aromatic heterocycles. The van der Waals surface area contributed by atoms with Crippen LogP contribution in [0.3, 0.4) is 0 Å². The monoisotopic (exact) mass is 268 g/mol. The van der Waals surface area contributed by atoms with Gasteiger partial charge in [0.1, 0.15) is 0 Å². The summed E-state index contributed by atoms with van der Waals surface area (Å²) in [4.78, 5) is 14.8. The van der Waals surface area contributed by atoms with Crippen molar-refractivity contribution in [1.29, 1.82) is 0 Å². The molecular weight excluding hydrogens is 236 g/mol. The summed E-state index contributed by atoms with van der Waals surface area (Å²) < 4.78 is 0. The summed E-state index contributed by atoms with van der Waals surface area (Å²) in [5.74, 6) is 1.35. The molecule has 0 aromatic rings. The number of amides is 1. The number of carbonyl (C=O) groups is 1. The van der Waals surface area contributed by atoms with Crippen molar-refractivity contribution in [3.63, 3.8) is 0 Å². The molecule has 0 aliphatic carbocycles. The first-order valence-electron chi connectivity index (χ1n) is 8.18. The summed E-state index contributed by atoms with van der Waals surface area (Å²) in [5.41, 5.74) is 5.90. The van der Waals surface area contributed by atoms with Crippen molar-refractivity contribution < 1.29 is 4.79 Å². The minimum absolute atomic E-state index is 0.224. The zero-order valence-electron chi connectivity index (χ0n) is 13.0. The Labute approximate surface area is 118 Å². The van der Waals surface area contributed by atoms with Crippen LogP contribution in [0.4, 0.5) is 0 Å². The van der Waals surface area contributed by atoms with Crippen LogP contribution in [0.2, 0.25) is 0 Å². The summed E-state index contributed by atoms with van der Waals surface area (Å²) in [6.45, 7) is 8.11. The molecule has 19 heavy (non-hydrogen) atoms. The average molecular weight is 268 g/mol. The van der Waals surface area contributed by atoms with Crippen molar-refractivity contribution in [3.05, 3.63) is 0 Å². The predicted octanol–water partition coefficient (Wildman–Crippen LogP) is 3.18. The fraction of sp³-hybridized carbons (Fsp3) is 0.938. The first-order valence-corrected chi connectivity index (χ1v) is 8.18. The first kappa shape index (κ1) is 16.5. The molecule has 1 heterocycles. The smallest absolute Gasteiger partial charge is 0.225 e. The molecule has 0 bridgehead atoms. The second kappa shape index (κ2) is 8.57. The van der Waals surface area contributed by atoms with Crippen molar-refractivity contribution in [2.45, 2.75) is 71.8 Å². The molecule has 0 radical (unpaired) electrons. The Balaban J connectivity index is 2.67. The van der Waals surface area contributed by atoms with Crippen molar-refractivity contribution >= 4 is 5.91 Å². The van der Waals surface area contributed by atoms with E-state index in [9.17, 15) is 4.79 Å². The minimum Gasteiger partial charge on any atom is -0.338 e. The Morgan fingerprint density at radius 1 is 1.26 bits per heavy atom. The molecule has 1 aliphatic rings. The van der Waals surface area contributed by atoms with Gasteiger partial charge in [-0.2, -0.15) is 0 Å². The van der Waals surface area contributed by atoms with Gasteiger partial charge in [-0.15, -0.1) is 0 Å². The van der Waals surface area contributed by atoms with E-state index in [1.54, 1.807) is 0 Å². The summed E-state index contributed by atoms with van der Waals surface area (Å²) in [6, 6.07) is 0.280. The third-order valence-electron chi connectivity index (χ3n) is 4.58. The van der Waals surface area contributed by atoms with Gasteiger partial charge in [0, 0.05) is 25.0 Å². The lowest BCUT2D eigenvalue weighted by atomic mass is 9.87. The number of hydrogen-bond donors (Lipinski definition) is 1. The van der Waals surface area contributed by atoms with Gasteiger partial charge in [0.05, 0.1) is 0 Å². The highest BCUT2D eigenvalue weighted by atomic mass is 16.2. The topological polar surface area (TPSA) is 46.3 Å². The van der Waals surface area contributed by atoms with Gasteiger partial charge in [-0.25, -0.2) is 0 Å². The van der Waals surface area contributed by atoms with Gasteiger partial charge < -0.3 is 10.6 Å². The summed E-state index contributed by atoms with van der Waals surface area (Å²) in [7, 11) is 0. The molecule has 1 amide bonds. The van der Waals surface area contributed by atoms with E-state index in [-0.39, 0.29) is 12.0 Å². The van der Waals surface area contributed by atoms with Crippen LogP contribution < -0.4 is 5.73 Å². The molecular formula is C16H32N2O. The number of rotatable bonds is 7. The molecule has 0 saturated carbocycles. The van der Waals surface area contributed by atoms with Crippen LogP contribution in [-0.2, 0) is 4.79 Å². The normalized spacial score (nSPS) is 23.9. The second-order valence-corrected chi connectivity index (χ2v) is 5.99. The van der Waals surface area contributed by atoms with E-state index in [0.717, 1.165) is 51.0 Å². The predicted molar refractivity (Wildman–Crippen MR) is 80.9 cm³/mol. The Bertz CT molecular complexity index is 261. The zero-order valence-corrected chi connectivity index (χ0v) is 13.0. The fourth-order valence-electron chi connectivity index (χ4n) is 3.34. The van der Waals surface area contributed by atoms with Gasteiger partial charge in [0.25, 0.3) is 0 Å². The molecule has 3 nitrogen and oxygen atoms in total. The van der Waals surface area contributed by atoms with Crippen LogP contribution in [0.5, 0.6) is 0 Å². The SMILES string of the molecule is CCCC(CCC)C(=O)N1CCC(CC)CC1CN. The van der Waals surface area contributed by atoms with E-state index < -0.39 is 0 Å². The lowest BCUT2D eigenvalue weighted by molar-refractivity contribution is -0.140. The first-order chi connectivity index (χ1) is 9.17. The number of carbonyl (C=O) groups excluding carboxylic acids is 1. The number of likely N-dealkylation sites (tertiary alicyclic amines) is 1. The molecule has 1 saturated heterocycles. The quantitative estimate of drug-likeness (QED) is 0.771. The molecule has 1 rings (SSSR count). The lowest BCUT2D eigenvalue weighted by Gasteiger charge is -2.40. The van der Waals surface area contributed by atoms with Crippen LogP contribution in [0, 0.1) is 11.8 Å². The maximum Gasteiger partial charge on any atom is 0.225 e. The highest BCUT2D eigenvalue weighted by Gasteiger charge is 2.32. The van der Waals surface area contributed by atoms with E-state index in [2.05, 4.69) is 25.7 Å². The third-order valence-corrected chi connectivity index (χ3v) is 4.58. The Morgan fingerprint density at radius 2 is 1.89 bits per heavy atom. The molecule has 2 unspecified atom stereocenters. The standard InChI is InChI=1S/C16H32N2O/c1-4-7-14(8-5-2)16(19)18-10-9-13(6-3)11-15(18)12-17/h13-15H,4-12,17H2,1-3H3. The number of nitrogens with zero attached hydrogens (tertiary/aromatic N) is 1. The van der Waals surface area contributed by atoms with Crippen molar-refractivity contribution in [3.8, 4) is 0 Å². The minimum atomic E-state index is 0.224. The average Bonchev–Trinajstić information content (AvgIpc) is 2.45. The van der Waals surface area contributed by atoms with Crippen LogP contribution in [0.15, 0.2) is 0 Å². The summed E-state index contributed by atoms with van der Waals surface area (Å²) >= 11 is 0. The van der Waals surface area contributed by atoms with Gasteiger partial charge in [-0.1, -0.05) is 40.0 Å². The van der Waals surface area contributed by atoms with E-state index in [4.69, 9.17) is 5.73 Å². The molecule has 112 valence electrons. The van der Waals surface area contributed by atoms with E-state index >= 15 is 0 Å². The molecule has 2 atom stereocenters. The number of hydrogen-bond acceptors (Lipinski definition) is 2. The van der Waals surface area contributed by atoms with Crippen LogP contribution in [-0.4, -0.2) is 29.9 Å². The number of nitrogens with two attached hydrogens (primary N) is 1. The highest BCUT2D eigenvalue weighted by molar-refractivity contribution is 5.79. The van der Waals surface area contributed by atoms with Gasteiger partial charge in [-0.3, -0.25) is 4.79 Å². The molecule has 2 N–H and O–H groups in total. The Hall–Kier alpha value is -0.570. The van der Waals surface area contributed by atoms with Crippen molar-refractivity contribution in [2.75, 3.05) is 13.1 Å². The van der Waals surface area contributed by atoms with E-state index in [1.165, 1.54) is 6.42 Å². The molecule has 0 aromatic carbocycles. The van der Waals surface area contributed by atoms with Gasteiger partial charge in [-0.05, 0) is 31.6 Å². The van der Waals surface area contributed by atoms with Crippen molar-refractivity contribution in [2.24, 2.45) is 17.6 Å². The van der Waals surface area contributed by atoms with Gasteiger partial charge in [0.2, 0.25) is 5.91 Å². The van der Waals surface area contributed by atoms with Crippen LogP contribution in [0.25, 0.3) is 0 Å². The molecule has 3 heteroatoms. The van der Waals surface area contributed by atoms with E-state index in [0.29, 0.717) is 12.5 Å². The maximum absolute atomic E-state index is 12.7. The maximum atomic E-state index is 12.7. The second-order valence-electron chi connectivity index (χ2n) is 5.99. The largest absolute Gasteiger partial charge is 0.338 e. The highest BCUT2D eigenvalue weighted by Crippen LogP contribution is 2.28. The number of piperidine rings is 1. The van der Waals surface area contributed by atoms with Gasteiger partial charge >= 0.3 is 0 Å².